The lowest BCUT2D eigenvalue weighted by Crippen LogP contribution is -2.05. The molecule has 2 rings (SSSR count). The number of methoxy groups -OCH3 is 1. The van der Waals surface area contributed by atoms with Gasteiger partial charge in [-0.3, -0.25) is 0 Å². The van der Waals surface area contributed by atoms with Crippen LogP contribution in [0, 0.1) is 6.92 Å². The number of aromatic nitrogens is 2. The lowest BCUT2D eigenvalue weighted by Gasteiger charge is -2.06. The zero-order valence-electron chi connectivity index (χ0n) is 11.5. The normalized spacial score (nSPS) is 11.1. The predicted molar refractivity (Wildman–Crippen MR) is 83.5 cm³/mol. The summed E-state index contributed by atoms with van der Waals surface area (Å²) in [4.78, 5) is 11.5. The monoisotopic (exact) mass is 297 g/mol. The number of nitrogens with zero attached hydrogens (tertiary/aromatic N) is 2. The summed E-state index contributed by atoms with van der Waals surface area (Å²) in [5, 5.41) is 5.47. The van der Waals surface area contributed by atoms with Gasteiger partial charge in [0.25, 0.3) is 0 Å². The Balaban J connectivity index is 2.28. The number of hydrogen-bond donors (Lipinski definition) is 1. The summed E-state index contributed by atoms with van der Waals surface area (Å²) in [5.74, 6) is 1.64. The zero-order chi connectivity index (χ0) is 13.7. The Morgan fingerprint density at radius 2 is 2.26 bits per heavy atom. The number of thiophene rings is 1. The van der Waals surface area contributed by atoms with E-state index < -0.39 is 0 Å². The highest BCUT2D eigenvalue weighted by Crippen LogP contribution is 2.32. The first kappa shape index (κ1) is 14.6. The van der Waals surface area contributed by atoms with Gasteiger partial charge in [-0.05, 0) is 19.4 Å². The van der Waals surface area contributed by atoms with E-state index in [0.717, 1.165) is 46.5 Å². The van der Waals surface area contributed by atoms with Crippen molar-refractivity contribution in [3.05, 3.63) is 10.9 Å². The molecule has 0 atom stereocenters. The molecule has 1 N–H and O–H groups in total. The number of aryl methyl sites for hydroxylation is 1. The Morgan fingerprint density at radius 1 is 1.42 bits per heavy atom. The summed E-state index contributed by atoms with van der Waals surface area (Å²) >= 11 is 3.44. The molecule has 2 aromatic rings. The van der Waals surface area contributed by atoms with Crippen LogP contribution in [0.2, 0.25) is 0 Å². The van der Waals surface area contributed by atoms with Crippen LogP contribution in [-0.2, 0) is 4.74 Å². The van der Waals surface area contributed by atoms with E-state index in [2.05, 4.69) is 35.2 Å². The van der Waals surface area contributed by atoms with Crippen molar-refractivity contribution >= 4 is 39.3 Å². The van der Waals surface area contributed by atoms with E-state index >= 15 is 0 Å². The molecule has 6 heteroatoms. The molecule has 0 fully saturated rings. The molecule has 19 heavy (non-hydrogen) atoms. The second kappa shape index (κ2) is 7.07. The summed E-state index contributed by atoms with van der Waals surface area (Å²) < 4.78 is 5.10. The van der Waals surface area contributed by atoms with Crippen LogP contribution in [0.3, 0.4) is 0 Å². The summed E-state index contributed by atoms with van der Waals surface area (Å²) in [6.07, 6.45) is 1.07. The molecule has 0 amide bonds. The Labute approximate surface area is 122 Å². The van der Waals surface area contributed by atoms with Gasteiger partial charge >= 0.3 is 0 Å². The summed E-state index contributed by atoms with van der Waals surface area (Å²) in [6, 6.07) is 2.17. The number of nitrogens with one attached hydrogen (secondary N) is 1. The maximum absolute atomic E-state index is 5.10. The van der Waals surface area contributed by atoms with Crippen LogP contribution < -0.4 is 5.32 Å². The van der Waals surface area contributed by atoms with Gasteiger partial charge in [0.05, 0.1) is 6.61 Å². The smallest absolute Gasteiger partial charge is 0.225 e. The average molecular weight is 297 g/mol. The van der Waals surface area contributed by atoms with Gasteiger partial charge in [-0.2, -0.15) is 0 Å². The van der Waals surface area contributed by atoms with Crippen molar-refractivity contribution < 1.29 is 4.74 Å². The third kappa shape index (κ3) is 3.81. The van der Waals surface area contributed by atoms with Gasteiger partial charge in [0.2, 0.25) is 5.95 Å². The molecule has 4 nitrogen and oxygen atoms in total. The minimum absolute atomic E-state index is 0.733. The van der Waals surface area contributed by atoms with Crippen molar-refractivity contribution in [3.63, 3.8) is 0 Å². The van der Waals surface area contributed by atoms with Crippen molar-refractivity contribution in [1.29, 1.82) is 0 Å². The molecule has 0 aliphatic heterocycles. The fourth-order valence-electron chi connectivity index (χ4n) is 1.66. The Hall–Kier alpha value is -0.850. The molecule has 104 valence electrons. The number of thioether (sulfide) groups is 1. The standard InChI is InChI=1S/C13H19N3OS2/c1-4-5-14-13-15-11(18-7-6-17-3)10-8-9(2)19-12(10)16-13/h8H,4-7H2,1-3H3,(H,14,15,16). The SMILES string of the molecule is CCCNc1nc(SCCOC)c2cc(C)sc2n1. The molecule has 0 aliphatic carbocycles. The van der Waals surface area contributed by atoms with Crippen LogP contribution in [0.4, 0.5) is 5.95 Å². The van der Waals surface area contributed by atoms with Crippen molar-refractivity contribution in [2.75, 3.05) is 31.3 Å². The molecular formula is C13H19N3OS2. The van der Waals surface area contributed by atoms with Gasteiger partial charge in [-0.15, -0.1) is 23.1 Å². The first-order valence-corrected chi connectivity index (χ1v) is 8.18. The number of anilines is 1. The highest BCUT2D eigenvalue weighted by molar-refractivity contribution is 7.99. The third-order valence-electron chi connectivity index (χ3n) is 2.54. The second-order valence-corrected chi connectivity index (χ2v) is 6.51. The molecule has 2 heterocycles. The van der Waals surface area contributed by atoms with E-state index in [0.29, 0.717) is 0 Å². The Morgan fingerprint density at radius 3 is 3.00 bits per heavy atom. The van der Waals surface area contributed by atoms with E-state index in [1.54, 1.807) is 30.2 Å². The number of hydrogen-bond acceptors (Lipinski definition) is 6. The van der Waals surface area contributed by atoms with E-state index in [9.17, 15) is 0 Å². The highest BCUT2D eigenvalue weighted by Gasteiger charge is 2.10. The quantitative estimate of drug-likeness (QED) is 0.481. The Bertz CT molecular complexity index is 542. The van der Waals surface area contributed by atoms with E-state index in [1.165, 1.54) is 4.88 Å². The minimum Gasteiger partial charge on any atom is -0.384 e. The summed E-state index contributed by atoms with van der Waals surface area (Å²) in [5.41, 5.74) is 0. The van der Waals surface area contributed by atoms with E-state index in [1.807, 2.05) is 0 Å². The van der Waals surface area contributed by atoms with Gasteiger partial charge in [0, 0.05) is 29.7 Å². The van der Waals surface area contributed by atoms with E-state index in [4.69, 9.17) is 4.74 Å². The van der Waals surface area contributed by atoms with Gasteiger partial charge in [-0.25, -0.2) is 9.97 Å². The largest absolute Gasteiger partial charge is 0.384 e. The summed E-state index contributed by atoms with van der Waals surface area (Å²) in [7, 11) is 1.72. The number of fused-ring (bicyclic) bond motifs is 1. The van der Waals surface area contributed by atoms with Crippen LogP contribution in [0.25, 0.3) is 10.2 Å². The molecule has 0 bridgehead atoms. The molecule has 0 radical (unpaired) electrons. The average Bonchev–Trinajstić information content (AvgIpc) is 2.77. The lowest BCUT2D eigenvalue weighted by molar-refractivity contribution is 0.218. The van der Waals surface area contributed by atoms with Crippen LogP contribution in [0.5, 0.6) is 0 Å². The molecule has 0 aliphatic rings. The van der Waals surface area contributed by atoms with Crippen LogP contribution in [0.15, 0.2) is 11.1 Å². The van der Waals surface area contributed by atoms with Crippen molar-refractivity contribution in [1.82, 2.24) is 9.97 Å². The first-order chi connectivity index (χ1) is 9.24. The first-order valence-electron chi connectivity index (χ1n) is 6.38. The molecule has 0 aromatic carbocycles. The molecule has 0 saturated carbocycles. The lowest BCUT2D eigenvalue weighted by atomic mass is 10.4. The van der Waals surface area contributed by atoms with Crippen molar-refractivity contribution in [3.8, 4) is 0 Å². The van der Waals surface area contributed by atoms with Crippen LogP contribution >= 0.6 is 23.1 Å². The molecule has 0 spiro atoms. The van der Waals surface area contributed by atoms with Gasteiger partial charge in [0.1, 0.15) is 9.86 Å². The molecular weight excluding hydrogens is 278 g/mol. The Kier molecular flexibility index (Phi) is 5.42. The van der Waals surface area contributed by atoms with Crippen LogP contribution in [-0.4, -0.2) is 36.0 Å². The molecule has 2 aromatic heterocycles. The zero-order valence-corrected chi connectivity index (χ0v) is 13.2. The fourth-order valence-corrected chi connectivity index (χ4v) is 3.51. The van der Waals surface area contributed by atoms with E-state index in [-0.39, 0.29) is 0 Å². The predicted octanol–water partition coefficient (Wildman–Crippen LogP) is 3.56. The summed E-state index contributed by atoms with van der Waals surface area (Å²) in [6.45, 7) is 5.87. The van der Waals surface area contributed by atoms with Crippen molar-refractivity contribution in [2.45, 2.75) is 25.3 Å². The molecule has 0 unspecified atom stereocenters. The topological polar surface area (TPSA) is 47.0 Å². The van der Waals surface area contributed by atoms with Gasteiger partial charge in [0.15, 0.2) is 0 Å². The maximum atomic E-state index is 5.10. The number of ether oxygens (including phenoxy) is 1. The molecule has 0 saturated heterocycles. The highest BCUT2D eigenvalue weighted by atomic mass is 32.2. The van der Waals surface area contributed by atoms with Crippen molar-refractivity contribution in [2.24, 2.45) is 0 Å². The van der Waals surface area contributed by atoms with Crippen LogP contribution in [0.1, 0.15) is 18.2 Å². The maximum Gasteiger partial charge on any atom is 0.225 e. The minimum atomic E-state index is 0.733. The van der Waals surface area contributed by atoms with Gasteiger partial charge in [-0.1, -0.05) is 6.92 Å². The van der Waals surface area contributed by atoms with Gasteiger partial charge < -0.3 is 10.1 Å². The fraction of sp³-hybridized carbons (Fsp3) is 0.538. The third-order valence-corrected chi connectivity index (χ3v) is 4.44. The second-order valence-electron chi connectivity index (χ2n) is 4.20. The number of rotatable bonds is 7.